The maximum absolute atomic E-state index is 11.2. The molecule has 2 rings (SSSR count). The predicted octanol–water partition coefficient (Wildman–Crippen LogP) is 1.47. The average Bonchev–Trinajstić information content (AvgIpc) is 2.91. The Morgan fingerprint density at radius 2 is 2.14 bits per heavy atom. The maximum atomic E-state index is 11.2. The number of anilines is 1. The van der Waals surface area contributed by atoms with Crippen LogP contribution < -0.4 is 11.1 Å². The van der Waals surface area contributed by atoms with E-state index < -0.39 is 5.91 Å². The first-order chi connectivity index (χ1) is 9.51. The molecule has 0 fully saturated rings. The van der Waals surface area contributed by atoms with E-state index in [4.69, 9.17) is 5.73 Å². The number of nitrogens with two attached hydrogens (primary N) is 1. The zero-order valence-electron chi connectivity index (χ0n) is 12.5. The van der Waals surface area contributed by atoms with Gasteiger partial charge >= 0.3 is 0 Å². The first kappa shape index (κ1) is 17.0. The summed E-state index contributed by atoms with van der Waals surface area (Å²) in [6.45, 7) is 5.63. The Morgan fingerprint density at radius 3 is 2.71 bits per heavy atom. The molecule has 0 aliphatic heterocycles. The van der Waals surface area contributed by atoms with Crippen LogP contribution in [0.15, 0.2) is 12.3 Å². The Hall–Kier alpha value is -2.02. The minimum absolute atomic E-state index is 0. The Kier molecular flexibility index (Phi) is 5.78. The number of nitrogens with one attached hydrogen (secondary N) is 1. The molecule has 0 spiro atoms. The smallest absolute Gasteiger partial charge is 0.267 e. The van der Waals surface area contributed by atoms with E-state index in [1.807, 2.05) is 17.8 Å². The molecular formula is C13H21ClN6O. The number of carbonyl (C=O) groups excluding carboxylic acids is 1. The summed E-state index contributed by atoms with van der Waals surface area (Å²) < 4.78 is 3.41. The number of primary amides is 1. The zero-order valence-corrected chi connectivity index (χ0v) is 13.3. The van der Waals surface area contributed by atoms with Gasteiger partial charge in [-0.1, -0.05) is 6.92 Å². The lowest BCUT2D eigenvalue weighted by molar-refractivity contribution is 0.0991. The van der Waals surface area contributed by atoms with E-state index in [0.29, 0.717) is 18.1 Å². The lowest BCUT2D eigenvalue weighted by Crippen LogP contribution is -2.15. The minimum Gasteiger partial charge on any atom is -0.364 e. The number of carbonyl (C=O) groups is 1. The Balaban J connectivity index is 0.00000220. The van der Waals surface area contributed by atoms with Crippen molar-refractivity contribution in [2.75, 3.05) is 5.32 Å². The van der Waals surface area contributed by atoms with E-state index in [2.05, 4.69) is 22.4 Å². The fraction of sp³-hybridized carbons (Fsp3) is 0.462. The van der Waals surface area contributed by atoms with Crippen LogP contribution in [0.4, 0.5) is 5.82 Å². The molecule has 7 nitrogen and oxygen atoms in total. The van der Waals surface area contributed by atoms with Gasteiger partial charge in [-0.25, -0.2) is 0 Å². The van der Waals surface area contributed by atoms with Crippen molar-refractivity contribution >= 4 is 24.1 Å². The quantitative estimate of drug-likeness (QED) is 0.845. The standard InChI is InChI=1S/C13H20N6O.ClH/c1-4-5-19-8-10(9(2)16-19)7-15-12-6-11(13(14)20)18(3)17-12;/h6,8H,4-5,7H2,1-3H3,(H2,14,20)(H,15,17);1H. The molecule has 0 aliphatic rings. The van der Waals surface area contributed by atoms with Crippen molar-refractivity contribution in [1.82, 2.24) is 19.6 Å². The molecule has 0 saturated heterocycles. The summed E-state index contributed by atoms with van der Waals surface area (Å²) in [5.74, 6) is 0.143. The molecule has 0 bridgehead atoms. The SMILES string of the molecule is CCCn1cc(CNc2cc(C(N)=O)n(C)n2)c(C)n1.Cl. The highest BCUT2D eigenvalue weighted by Crippen LogP contribution is 2.12. The Bertz CT molecular complexity index is 618. The Morgan fingerprint density at radius 1 is 1.43 bits per heavy atom. The lowest BCUT2D eigenvalue weighted by Gasteiger charge is -2.00. The first-order valence-electron chi connectivity index (χ1n) is 6.62. The van der Waals surface area contributed by atoms with Gasteiger partial charge in [0.2, 0.25) is 0 Å². The summed E-state index contributed by atoms with van der Waals surface area (Å²) >= 11 is 0. The van der Waals surface area contributed by atoms with Crippen LogP contribution in [0.3, 0.4) is 0 Å². The van der Waals surface area contributed by atoms with Crippen molar-refractivity contribution < 1.29 is 4.79 Å². The number of hydrogen-bond donors (Lipinski definition) is 2. The molecule has 0 aromatic carbocycles. The number of aryl methyl sites for hydroxylation is 3. The third-order valence-electron chi connectivity index (χ3n) is 3.09. The van der Waals surface area contributed by atoms with Crippen LogP contribution in [0.2, 0.25) is 0 Å². The van der Waals surface area contributed by atoms with Crippen molar-refractivity contribution in [3.63, 3.8) is 0 Å². The molecule has 0 unspecified atom stereocenters. The van der Waals surface area contributed by atoms with Gasteiger partial charge in [-0.05, 0) is 13.3 Å². The van der Waals surface area contributed by atoms with Gasteiger partial charge in [0.1, 0.15) is 11.5 Å². The van der Waals surface area contributed by atoms with E-state index in [1.165, 1.54) is 4.68 Å². The van der Waals surface area contributed by atoms with Gasteiger partial charge in [0.15, 0.2) is 0 Å². The summed E-state index contributed by atoms with van der Waals surface area (Å²) in [5.41, 5.74) is 7.75. The fourth-order valence-electron chi connectivity index (χ4n) is 2.05. The van der Waals surface area contributed by atoms with E-state index in [9.17, 15) is 4.79 Å². The fourth-order valence-corrected chi connectivity index (χ4v) is 2.05. The van der Waals surface area contributed by atoms with Crippen LogP contribution in [-0.2, 0) is 20.1 Å². The summed E-state index contributed by atoms with van der Waals surface area (Å²) in [7, 11) is 1.69. The van der Waals surface area contributed by atoms with Gasteiger partial charge in [0.25, 0.3) is 5.91 Å². The lowest BCUT2D eigenvalue weighted by atomic mass is 10.2. The van der Waals surface area contributed by atoms with Gasteiger partial charge < -0.3 is 11.1 Å². The molecule has 0 saturated carbocycles. The molecule has 1 amide bonds. The van der Waals surface area contributed by atoms with Crippen LogP contribution in [0.1, 0.15) is 35.1 Å². The molecule has 3 N–H and O–H groups in total. The topological polar surface area (TPSA) is 90.8 Å². The monoisotopic (exact) mass is 312 g/mol. The number of rotatable bonds is 6. The van der Waals surface area contributed by atoms with Crippen LogP contribution in [0.5, 0.6) is 0 Å². The third kappa shape index (κ3) is 3.98. The maximum Gasteiger partial charge on any atom is 0.267 e. The molecule has 8 heteroatoms. The molecule has 0 atom stereocenters. The first-order valence-corrected chi connectivity index (χ1v) is 6.62. The molecule has 0 radical (unpaired) electrons. The van der Waals surface area contributed by atoms with E-state index in [0.717, 1.165) is 24.2 Å². The number of nitrogens with zero attached hydrogens (tertiary/aromatic N) is 4. The largest absolute Gasteiger partial charge is 0.364 e. The number of amides is 1. The highest BCUT2D eigenvalue weighted by molar-refractivity contribution is 5.91. The molecule has 2 heterocycles. The second-order valence-electron chi connectivity index (χ2n) is 4.76. The second kappa shape index (κ2) is 7.12. The van der Waals surface area contributed by atoms with Gasteiger partial charge in [-0.2, -0.15) is 10.2 Å². The van der Waals surface area contributed by atoms with Gasteiger partial charge in [-0.3, -0.25) is 14.2 Å². The summed E-state index contributed by atoms with van der Waals surface area (Å²) in [6.07, 6.45) is 3.08. The molecular weight excluding hydrogens is 292 g/mol. The van der Waals surface area contributed by atoms with Crippen LogP contribution in [0, 0.1) is 6.92 Å². The summed E-state index contributed by atoms with van der Waals surface area (Å²) in [6, 6.07) is 1.65. The molecule has 0 aliphatic carbocycles. The number of hydrogen-bond acceptors (Lipinski definition) is 4. The zero-order chi connectivity index (χ0) is 14.7. The van der Waals surface area contributed by atoms with E-state index >= 15 is 0 Å². The molecule has 2 aromatic heterocycles. The highest BCUT2D eigenvalue weighted by atomic mass is 35.5. The molecule has 2 aromatic rings. The number of halogens is 1. The number of aromatic nitrogens is 4. The molecule has 116 valence electrons. The van der Waals surface area contributed by atoms with E-state index in [1.54, 1.807) is 13.1 Å². The highest BCUT2D eigenvalue weighted by Gasteiger charge is 2.10. The van der Waals surface area contributed by atoms with Crippen LogP contribution in [-0.4, -0.2) is 25.5 Å². The van der Waals surface area contributed by atoms with Crippen molar-refractivity contribution in [2.24, 2.45) is 12.8 Å². The minimum atomic E-state index is -0.486. The second-order valence-corrected chi connectivity index (χ2v) is 4.76. The molecule has 21 heavy (non-hydrogen) atoms. The predicted molar refractivity (Wildman–Crippen MR) is 83.6 cm³/mol. The van der Waals surface area contributed by atoms with Gasteiger partial charge in [0, 0.05) is 38.0 Å². The van der Waals surface area contributed by atoms with Crippen molar-refractivity contribution in [1.29, 1.82) is 0 Å². The van der Waals surface area contributed by atoms with Crippen molar-refractivity contribution in [3.05, 3.63) is 29.2 Å². The van der Waals surface area contributed by atoms with Gasteiger partial charge in [0.05, 0.1) is 5.69 Å². The van der Waals surface area contributed by atoms with Crippen LogP contribution >= 0.6 is 12.4 Å². The van der Waals surface area contributed by atoms with Crippen LogP contribution in [0.25, 0.3) is 0 Å². The van der Waals surface area contributed by atoms with E-state index in [-0.39, 0.29) is 12.4 Å². The van der Waals surface area contributed by atoms with Crippen molar-refractivity contribution in [3.8, 4) is 0 Å². The Labute approximate surface area is 129 Å². The average molecular weight is 313 g/mol. The normalized spacial score (nSPS) is 10.2. The van der Waals surface area contributed by atoms with Crippen molar-refractivity contribution in [2.45, 2.75) is 33.4 Å². The summed E-state index contributed by atoms with van der Waals surface area (Å²) in [4.78, 5) is 11.2. The summed E-state index contributed by atoms with van der Waals surface area (Å²) in [5, 5.41) is 11.8. The third-order valence-corrected chi connectivity index (χ3v) is 3.09. The van der Waals surface area contributed by atoms with Gasteiger partial charge in [-0.15, -0.1) is 12.4 Å².